The van der Waals surface area contributed by atoms with Crippen molar-refractivity contribution in [1.29, 1.82) is 0 Å². The number of aliphatic hydroxyl groups excluding tert-OH is 1. The molecule has 6 fully saturated rings. The summed E-state index contributed by atoms with van der Waals surface area (Å²) in [6, 6.07) is 0. The zero-order valence-corrected chi connectivity index (χ0v) is 21.4. The number of hydrogen-bond acceptors (Lipinski definition) is 5. The van der Waals surface area contributed by atoms with Crippen molar-refractivity contribution in [3.63, 3.8) is 0 Å². The van der Waals surface area contributed by atoms with Crippen molar-refractivity contribution in [2.24, 2.45) is 45.3 Å². The molecule has 7 rings (SSSR count). The fraction of sp³-hybridized carbons (Fsp3) is 0.793. The number of aliphatic hydroxyl groups is 1. The van der Waals surface area contributed by atoms with Crippen LogP contribution in [0.4, 0.5) is 0 Å². The smallest absolute Gasteiger partial charge is 0.313 e. The fourth-order valence-corrected chi connectivity index (χ4v) is 11.0. The lowest BCUT2D eigenvalue weighted by Gasteiger charge is -2.70. The molecule has 2 saturated heterocycles. The van der Waals surface area contributed by atoms with Crippen molar-refractivity contribution in [2.75, 3.05) is 0 Å². The molecule has 1 spiro atoms. The van der Waals surface area contributed by atoms with Crippen molar-refractivity contribution in [3.8, 4) is 0 Å². The molecule has 4 saturated carbocycles. The van der Waals surface area contributed by atoms with E-state index in [0.717, 1.165) is 38.5 Å². The van der Waals surface area contributed by atoms with Crippen LogP contribution in [0.1, 0.15) is 80.1 Å². The SMILES string of the molecule is CC1=C2CCC3(C)C(C4OC4C45OC(=O)C6(CCC(C)C(C)C64)CCC35C)C2(C)C=C(O)C1=O. The van der Waals surface area contributed by atoms with Gasteiger partial charge in [-0.15, -0.1) is 0 Å². The molecular weight excluding hydrogens is 428 g/mol. The van der Waals surface area contributed by atoms with Gasteiger partial charge in [0.25, 0.3) is 0 Å². The highest BCUT2D eigenvalue weighted by Gasteiger charge is 2.89. The minimum Gasteiger partial charge on any atom is -0.504 e. The molecule has 5 aliphatic carbocycles. The number of Topliss-reactive ketones (excluding diaryl/α,β-unsaturated/α-hetero) is 1. The Kier molecular flexibility index (Phi) is 3.72. The molecule has 34 heavy (non-hydrogen) atoms. The lowest BCUT2D eigenvalue weighted by molar-refractivity contribution is -0.248. The molecule has 184 valence electrons. The number of hydrogen-bond donors (Lipinski definition) is 1. The highest BCUT2D eigenvalue weighted by Crippen LogP contribution is 2.82. The van der Waals surface area contributed by atoms with Gasteiger partial charge in [0.05, 0.1) is 11.5 Å². The standard InChI is InChI=1S/C29H38O5/c1-14-7-10-28-12-11-27(6)26(5)9-8-17-16(3)19(31)18(30)13-25(17,4)22(26)20-23(33-20)29(27,34-24(28)32)21(28)15(14)2/h13-15,20-23,30H,7-12H2,1-6H3. The van der Waals surface area contributed by atoms with Crippen LogP contribution in [0, 0.1) is 45.3 Å². The third-order valence-electron chi connectivity index (χ3n) is 13.0. The number of carbonyl (C=O) groups excluding carboxylic acids is 2. The molecule has 11 unspecified atom stereocenters. The predicted octanol–water partition coefficient (Wildman–Crippen LogP) is 5.30. The summed E-state index contributed by atoms with van der Waals surface area (Å²) in [6.45, 7) is 13.6. The maximum atomic E-state index is 13.7. The molecule has 5 nitrogen and oxygen atoms in total. The normalized spacial score (nSPS) is 59.2. The van der Waals surface area contributed by atoms with E-state index in [4.69, 9.17) is 9.47 Å². The van der Waals surface area contributed by atoms with Gasteiger partial charge in [-0.05, 0) is 68.8 Å². The Labute approximate surface area is 202 Å². The van der Waals surface area contributed by atoms with Gasteiger partial charge in [0, 0.05) is 28.2 Å². The van der Waals surface area contributed by atoms with Crippen molar-refractivity contribution in [3.05, 3.63) is 23.0 Å². The molecule has 0 radical (unpaired) electrons. The number of carbonyl (C=O) groups is 2. The Morgan fingerprint density at radius 2 is 1.76 bits per heavy atom. The van der Waals surface area contributed by atoms with Gasteiger partial charge in [-0.2, -0.15) is 0 Å². The van der Waals surface area contributed by atoms with Crippen LogP contribution in [0.3, 0.4) is 0 Å². The number of ketones is 1. The van der Waals surface area contributed by atoms with E-state index >= 15 is 0 Å². The average Bonchev–Trinajstić information content (AvgIpc) is 3.52. The first-order valence-electron chi connectivity index (χ1n) is 13.4. The van der Waals surface area contributed by atoms with Gasteiger partial charge >= 0.3 is 5.97 Å². The highest BCUT2D eigenvalue weighted by atomic mass is 16.6. The molecule has 5 heteroatoms. The Morgan fingerprint density at radius 3 is 2.50 bits per heavy atom. The summed E-state index contributed by atoms with van der Waals surface area (Å²) in [4.78, 5) is 26.4. The number of allylic oxidation sites excluding steroid dienone is 3. The Morgan fingerprint density at radius 1 is 1.03 bits per heavy atom. The minimum atomic E-state index is -0.574. The molecule has 0 aromatic rings. The van der Waals surface area contributed by atoms with Gasteiger partial charge in [0.1, 0.15) is 6.10 Å². The fourth-order valence-electron chi connectivity index (χ4n) is 11.0. The Balaban J connectivity index is 1.44. The molecular formula is C29H38O5. The molecule has 0 aromatic heterocycles. The molecule has 2 heterocycles. The maximum absolute atomic E-state index is 13.7. The molecule has 0 amide bonds. The first kappa shape index (κ1) is 21.6. The van der Waals surface area contributed by atoms with E-state index in [1.807, 2.05) is 13.0 Å². The number of rotatable bonds is 0. The van der Waals surface area contributed by atoms with Crippen LogP contribution in [0.25, 0.3) is 0 Å². The summed E-state index contributed by atoms with van der Waals surface area (Å²) < 4.78 is 13.4. The Bertz CT molecular complexity index is 1120. The van der Waals surface area contributed by atoms with Crippen LogP contribution in [-0.4, -0.2) is 34.7 Å². The van der Waals surface area contributed by atoms with Crippen molar-refractivity contribution in [1.82, 2.24) is 0 Å². The van der Waals surface area contributed by atoms with Crippen LogP contribution in [0.5, 0.6) is 0 Å². The molecule has 1 N–H and O–H groups in total. The van der Waals surface area contributed by atoms with Gasteiger partial charge in [0.15, 0.2) is 11.4 Å². The van der Waals surface area contributed by atoms with Gasteiger partial charge in [-0.3, -0.25) is 9.59 Å². The zero-order valence-electron chi connectivity index (χ0n) is 21.4. The second-order valence-electron chi connectivity index (χ2n) is 13.7. The van der Waals surface area contributed by atoms with Crippen molar-refractivity contribution >= 4 is 11.8 Å². The van der Waals surface area contributed by atoms with Crippen LogP contribution in [-0.2, 0) is 19.1 Å². The average molecular weight is 467 g/mol. The number of epoxide rings is 1. The molecule has 7 aliphatic rings. The summed E-state index contributed by atoms with van der Waals surface area (Å²) in [5.74, 6) is 0.998. The van der Waals surface area contributed by atoms with Crippen molar-refractivity contribution in [2.45, 2.75) is 97.9 Å². The summed E-state index contributed by atoms with van der Waals surface area (Å²) >= 11 is 0. The highest BCUT2D eigenvalue weighted by molar-refractivity contribution is 6.08. The number of fused-ring (bicyclic) bond motifs is 6. The summed E-state index contributed by atoms with van der Waals surface area (Å²) in [6.07, 6.45) is 7.43. The van der Waals surface area contributed by atoms with Gasteiger partial charge in [-0.1, -0.05) is 40.2 Å². The molecule has 0 aromatic carbocycles. The van der Waals surface area contributed by atoms with E-state index in [1.54, 1.807) is 0 Å². The van der Waals surface area contributed by atoms with E-state index in [9.17, 15) is 14.7 Å². The lowest BCUT2D eigenvalue weighted by atomic mass is 9.32. The quantitative estimate of drug-likeness (QED) is 0.387. The first-order chi connectivity index (χ1) is 15.9. The van der Waals surface area contributed by atoms with Gasteiger partial charge in [-0.25, -0.2) is 0 Å². The monoisotopic (exact) mass is 466 g/mol. The predicted molar refractivity (Wildman–Crippen MR) is 126 cm³/mol. The van der Waals surface area contributed by atoms with E-state index in [2.05, 4.69) is 34.6 Å². The zero-order chi connectivity index (χ0) is 24.2. The second kappa shape index (κ2) is 5.85. The third kappa shape index (κ3) is 1.90. The molecule has 2 bridgehead atoms. The second-order valence-corrected chi connectivity index (χ2v) is 13.7. The molecule has 11 atom stereocenters. The lowest BCUT2D eigenvalue weighted by Crippen LogP contribution is -2.74. The summed E-state index contributed by atoms with van der Waals surface area (Å²) in [5.41, 5.74) is 0.160. The van der Waals surface area contributed by atoms with E-state index < -0.39 is 11.0 Å². The first-order valence-corrected chi connectivity index (χ1v) is 13.4. The van der Waals surface area contributed by atoms with Crippen LogP contribution >= 0.6 is 0 Å². The maximum Gasteiger partial charge on any atom is 0.313 e. The van der Waals surface area contributed by atoms with Crippen LogP contribution in [0.2, 0.25) is 0 Å². The summed E-state index contributed by atoms with van der Waals surface area (Å²) in [7, 11) is 0. The number of ether oxygens (including phenoxy) is 2. The topological polar surface area (TPSA) is 76.1 Å². The van der Waals surface area contributed by atoms with Crippen LogP contribution < -0.4 is 0 Å². The van der Waals surface area contributed by atoms with Gasteiger partial charge < -0.3 is 14.6 Å². The molecule has 2 aliphatic heterocycles. The van der Waals surface area contributed by atoms with E-state index in [0.29, 0.717) is 17.4 Å². The van der Waals surface area contributed by atoms with Crippen molar-refractivity contribution < 1.29 is 24.2 Å². The third-order valence-corrected chi connectivity index (χ3v) is 13.0. The van der Waals surface area contributed by atoms with Gasteiger partial charge in [0.2, 0.25) is 5.78 Å². The largest absolute Gasteiger partial charge is 0.504 e. The summed E-state index contributed by atoms with van der Waals surface area (Å²) in [5, 5.41) is 10.6. The van der Waals surface area contributed by atoms with E-state index in [1.165, 1.54) is 5.57 Å². The van der Waals surface area contributed by atoms with E-state index in [-0.39, 0.29) is 57.8 Å². The Hall–Kier alpha value is -1.62. The minimum absolute atomic E-state index is 0.0189. The number of esters is 1. The van der Waals surface area contributed by atoms with Crippen LogP contribution in [0.15, 0.2) is 23.0 Å².